The Hall–Kier alpha value is -0.0800. The summed E-state index contributed by atoms with van der Waals surface area (Å²) in [6.07, 6.45) is 1.85. The molecule has 1 aromatic rings. The van der Waals surface area contributed by atoms with Gasteiger partial charge in [0.2, 0.25) is 0 Å². The SMILES string of the molecule is Cl.O=S(=O)(Cl)c1cncc(S(=O)(=O)Cl)c1. The third kappa shape index (κ3) is 4.12. The normalized spacial score (nSPS) is 11.9. The molecule has 1 aromatic heterocycles. The van der Waals surface area contributed by atoms with E-state index in [0.29, 0.717) is 0 Å². The van der Waals surface area contributed by atoms with Gasteiger partial charge >= 0.3 is 0 Å². The van der Waals surface area contributed by atoms with Crippen LogP contribution in [0.5, 0.6) is 0 Å². The maximum Gasteiger partial charge on any atom is 0.262 e. The minimum absolute atomic E-state index is 0. The van der Waals surface area contributed by atoms with Crippen molar-refractivity contribution in [2.45, 2.75) is 9.79 Å². The Morgan fingerprint density at radius 2 is 1.27 bits per heavy atom. The number of nitrogens with zero attached hydrogens (tertiary/aromatic N) is 1. The molecule has 0 bridgehead atoms. The molecule has 0 spiro atoms. The highest BCUT2D eigenvalue weighted by atomic mass is 35.7. The Balaban J connectivity index is 0.00000196. The van der Waals surface area contributed by atoms with E-state index in [4.69, 9.17) is 21.4 Å². The molecule has 0 N–H and O–H groups in total. The van der Waals surface area contributed by atoms with Crippen LogP contribution >= 0.6 is 33.8 Å². The lowest BCUT2D eigenvalue weighted by Crippen LogP contribution is -1.97. The summed E-state index contributed by atoms with van der Waals surface area (Å²) in [5.74, 6) is 0. The third-order valence-corrected chi connectivity index (χ3v) is 3.89. The fraction of sp³-hybridized carbons (Fsp3) is 0. The molecule has 0 saturated heterocycles. The van der Waals surface area contributed by atoms with Gasteiger partial charge in [0.1, 0.15) is 9.79 Å². The molecule has 0 unspecified atom stereocenters. The smallest absolute Gasteiger partial charge is 0.262 e. The molecule has 0 fully saturated rings. The summed E-state index contributed by atoms with van der Waals surface area (Å²) in [6, 6.07) is 0.831. The minimum atomic E-state index is -4.00. The van der Waals surface area contributed by atoms with E-state index in [1.165, 1.54) is 0 Å². The van der Waals surface area contributed by atoms with Crippen LogP contribution in [0.3, 0.4) is 0 Å². The van der Waals surface area contributed by atoms with Crippen LogP contribution in [-0.2, 0) is 18.1 Å². The molecular formula is C5H4Cl3NO4S2. The molecular weight excluding hydrogens is 309 g/mol. The quantitative estimate of drug-likeness (QED) is 0.770. The Morgan fingerprint density at radius 3 is 1.53 bits per heavy atom. The summed E-state index contributed by atoms with van der Waals surface area (Å²) in [7, 11) is 1.95. The monoisotopic (exact) mass is 311 g/mol. The molecule has 0 aliphatic heterocycles. The molecule has 86 valence electrons. The molecule has 0 saturated carbocycles. The summed E-state index contributed by atoms with van der Waals surface area (Å²) in [5.41, 5.74) is 0. The highest BCUT2D eigenvalue weighted by Crippen LogP contribution is 2.19. The van der Waals surface area contributed by atoms with Gasteiger partial charge in [0, 0.05) is 33.8 Å². The second-order valence-electron chi connectivity index (χ2n) is 2.23. The predicted octanol–water partition coefficient (Wildman–Crippen LogP) is 1.36. The van der Waals surface area contributed by atoms with Crippen molar-refractivity contribution in [3.8, 4) is 0 Å². The van der Waals surface area contributed by atoms with E-state index in [0.717, 1.165) is 18.5 Å². The molecule has 15 heavy (non-hydrogen) atoms. The van der Waals surface area contributed by atoms with Crippen LogP contribution in [0.2, 0.25) is 0 Å². The van der Waals surface area contributed by atoms with Gasteiger partial charge in [0.25, 0.3) is 18.1 Å². The van der Waals surface area contributed by atoms with Gasteiger partial charge in [-0.3, -0.25) is 4.98 Å². The van der Waals surface area contributed by atoms with Crippen molar-refractivity contribution >= 4 is 51.9 Å². The second kappa shape index (κ2) is 4.84. The van der Waals surface area contributed by atoms with Gasteiger partial charge in [-0.15, -0.1) is 12.4 Å². The zero-order valence-electron chi connectivity index (χ0n) is 6.79. The van der Waals surface area contributed by atoms with E-state index in [1.807, 2.05) is 0 Å². The summed E-state index contributed by atoms with van der Waals surface area (Å²) >= 11 is 0. The van der Waals surface area contributed by atoms with Crippen LogP contribution in [0.15, 0.2) is 28.3 Å². The standard InChI is InChI=1S/C5H3Cl2NO4S2.ClH/c6-13(9,10)4-1-5(3-8-2-4)14(7,11)12;/h1-3H;1H. The maximum absolute atomic E-state index is 10.8. The average Bonchev–Trinajstić information content (AvgIpc) is 2.01. The lowest BCUT2D eigenvalue weighted by molar-refractivity contribution is 0.607. The van der Waals surface area contributed by atoms with Crippen molar-refractivity contribution in [2.75, 3.05) is 0 Å². The Morgan fingerprint density at radius 1 is 0.933 bits per heavy atom. The topological polar surface area (TPSA) is 81.2 Å². The van der Waals surface area contributed by atoms with Gasteiger partial charge < -0.3 is 0 Å². The zero-order chi connectivity index (χ0) is 11.0. The van der Waals surface area contributed by atoms with E-state index in [2.05, 4.69) is 4.98 Å². The number of halogens is 3. The van der Waals surface area contributed by atoms with Gasteiger partial charge in [-0.2, -0.15) is 0 Å². The molecule has 1 rings (SSSR count). The van der Waals surface area contributed by atoms with Crippen molar-refractivity contribution in [3.05, 3.63) is 18.5 Å². The number of pyridine rings is 1. The van der Waals surface area contributed by atoms with Crippen LogP contribution < -0.4 is 0 Å². The third-order valence-electron chi connectivity index (χ3n) is 1.25. The number of aromatic nitrogens is 1. The molecule has 0 amide bonds. The fourth-order valence-electron chi connectivity index (χ4n) is 0.666. The molecule has 0 aliphatic rings. The molecule has 0 aliphatic carbocycles. The first-order valence-corrected chi connectivity index (χ1v) is 7.67. The van der Waals surface area contributed by atoms with Crippen LogP contribution in [0.1, 0.15) is 0 Å². The molecule has 5 nitrogen and oxygen atoms in total. The Kier molecular flexibility index (Phi) is 4.81. The molecule has 0 radical (unpaired) electrons. The van der Waals surface area contributed by atoms with E-state index in [-0.39, 0.29) is 12.4 Å². The summed E-state index contributed by atoms with van der Waals surface area (Å²) in [4.78, 5) is 2.56. The number of hydrogen-bond acceptors (Lipinski definition) is 5. The minimum Gasteiger partial charge on any atom is -0.262 e. The predicted molar refractivity (Wildman–Crippen MR) is 57.6 cm³/mol. The van der Waals surface area contributed by atoms with Crippen molar-refractivity contribution in [3.63, 3.8) is 0 Å². The van der Waals surface area contributed by atoms with E-state index >= 15 is 0 Å². The first-order chi connectivity index (χ1) is 6.21. The van der Waals surface area contributed by atoms with E-state index in [9.17, 15) is 16.8 Å². The fourth-order valence-corrected chi connectivity index (χ4v) is 2.16. The van der Waals surface area contributed by atoms with Crippen LogP contribution in [-0.4, -0.2) is 21.8 Å². The molecule has 0 aromatic carbocycles. The summed E-state index contributed by atoms with van der Waals surface area (Å²) in [5, 5.41) is 0. The molecule has 10 heteroatoms. The van der Waals surface area contributed by atoms with Crippen molar-refractivity contribution in [1.82, 2.24) is 4.98 Å². The zero-order valence-corrected chi connectivity index (χ0v) is 10.8. The van der Waals surface area contributed by atoms with Crippen molar-refractivity contribution in [1.29, 1.82) is 0 Å². The van der Waals surface area contributed by atoms with E-state index < -0.39 is 27.9 Å². The first kappa shape index (κ1) is 14.9. The Labute approximate surface area is 102 Å². The lowest BCUT2D eigenvalue weighted by Gasteiger charge is -1.97. The largest absolute Gasteiger partial charge is 0.262 e. The first-order valence-electron chi connectivity index (χ1n) is 3.05. The molecule has 0 atom stereocenters. The molecule has 1 heterocycles. The van der Waals surface area contributed by atoms with E-state index in [1.54, 1.807) is 0 Å². The van der Waals surface area contributed by atoms with Crippen LogP contribution in [0.25, 0.3) is 0 Å². The second-order valence-corrected chi connectivity index (χ2v) is 7.36. The van der Waals surface area contributed by atoms with Crippen LogP contribution in [0, 0.1) is 0 Å². The van der Waals surface area contributed by atoms with Crippen LogP contribution in [0.4, 0.5) is 0 Å². The van der Waals surface area contributed by atoms with Gasteiger partial charge in [0.15, 0.2) is 0 Å². The van der Waals surface area contributed by atoms with Crippen molar-refractivity contribution < 1.29 is 16.8 Å². The number of rotatable bonds is 2. The van der Waals surface area contributed by atoms with Crippen molar-refractivity contribution in [2.24, 2.45) is 0 Å². The highest BCUT2D eigenvalue weighted by Gasteiger charge is 2.16. The summed E-state index contributed by atoms with van der Waals surface area (Å²) in [6.45, 7) is 0. The van der Waals surface area contributed by atoms with Gasteiger partial charge in [0.05, 0.1) is 0 Å². The lowest BCUT2D eigenvalue weighted by atomic mass is 10.5. The Bertz CT molecular complexity index is 506. The maximum atomic E-state index is 10.8. The number of hydrogen-bond donors (Lipinski definition) is 0. The average molecular weight is 313 g/mol. The van der Waals surface area contributed by atoms with Gasteiger partial charge in [-0.05, 0) is 6.07 Å². The summed E-state index contributed by atoms with van der Waals surface area (Å²) < 4.78 is 43.2. The van der Waals surface area contributed by atoms with Gasteiger partial charge in [-0.1, -0.05) is 0 Å². The van der Waals surface area contributed by atoms with Gasteiger partial charge in [-0.25, -0.2) is 16.8 Å². The highest BCUT2D eigenvalue weighted by molar-refractivity contribution is 8.14.